The number of carbonyl (C=O) groups is 3. The summed E-state index contributed by atoms with van der Waals surface area (Å²) in [6, 6.07) is 8.09. The van der Waals surface area contributed by atoms with Crippen LogP contribution in [0.2, 0.25) is 0 Å². The first-order valence-corrected chi connectivity index (χ1v) is 7.74. The molecule has 1 saturated heterocycles. The first kappa shape index (κ1) is 17.7. The zero-order valence-corrected chi connectivity index (χ0v) is 13.1. The Morgan fingerprint density at radius 2 is 2.00 bits per heavy atom. The summed E-state index contributed by atoms with van der Waals surface area (Å²) < 4.78 is 0. The third kappa shape index (κ3) is 4.95. The summed E-state index contributed by atoms with van der Waals surface area (Å²) in [7, 11) is 0. The summed E-state index contributed by atoms with van der Waals surface area (Å²) in [5.41, 5.74) is 0.857. The Labute approximate surface area is 139 Å². The highest BCUT2D eigenvalue weighted by atomic mass is 16.4. The zero-order valence-electron chi connectivity index (χ0n) is 13.1. The summed E-state index contributed by atoms with van der Waals surface area (Å²) in [6.07, 6.45) is -2.31. The molecule has 0 spiro atoms. The van der Waals surface area contributed by atoms with E-state index in [1.54, 1.807) is 0 Å². The van der Waals surface area contributed by atoms with Gasteiger partial charge in [0.25, 0.3) is 5.91 Å². The van der Waals surface area contributed by atoms with E-state index in [1.807, 2.05) is 30.3 Å². The van der Waals surface area contributed by atoms with Gasteiger partial charge in [0.2, 0.25) is 5.91 Å². The average molecular weight is 335 g/mol. The average Bonchev–Trinajstić information content (AvgIpc) is 2.97. The Hall–Kier alpha value is -2.61. The monoisotopic (exact) mass is 335 g/mol. The normalized spacial score (nSPS) is 19.2. The third-order valence-corrected chi connectivity index (χ3v) is 3.97. The maximum Gasteiger partial charge on any atom is 0.404 e. The second-order valence-corrected chi connectivity index (χ2v) is 5.72. The molecule has 1 aromatic carbocycles. The van der Waals surface area contributed by atoms with Crippen molar-refractivity contribution in [1.29, 1.82) is 0 Å². The lowest BCUT2D eigenvalue weighted by atomic mass is 9.94. The van der Waals surface area contributed by atoms with Crippen LogP contribution < -0.4 is 16.0 Å². The van der Waals surface area contributed by atoms with Gasteiger partial charge in [-0.3, -0.25) is 9.59 Å². The van der Waals surface area contributed by atoms with Gasteiger partial charge in [0.15, 0.2) is 6.10 Å². The van der Waals surface area contributed by atoms with Crippen LogP contribution in [0.5, 0.6) is 0 Å². The maximum absolute atomic E-state index is 12.1. The molecule has 1 aromatic rings. The van der Waals surface area contributed by atoms with Crippen LogP contribution in [0.4, 0.5) is 4.79 Å². The molecule has 130 valence electrons. The molecule has 0 saturated carbocycles. The topological polar surface area (TPSA) is 128 Å². The second-order valence-electron chi connectivity index (χ2n) is 5.72. The van der Waals surface area contributed by atoms with Gasteiger partial charge in [-0.25, -0.2) is 4.79 Å². The molecule has 2 rings (SSSR count). The molecule has 8 heteroatoms. The van der Waals surface area contributed by atoms with Crippen molar-refractivity contribution < 1.29 is 24.6 Å². The molecule has 3 amide bonds. The summed E-state index contributed by atoms with van der Waals surface area (Å²) in [5.74, 6) is -1.29. The molecule has 1 aliphatic rings. The number of rotatable bonds is 7. The van der Waals surface area contributed by atoms with Crippen molar-refractivity contribution in [3.8, 4) is 0 Å². The van der Waals surface area contributed by atoms with Gasteiger partial charge < -0.3 is 26.2 Å². The second kappa shape index (κ2) is 8.30. The van der Waals surface area contributed by atoms with E-state index in [9.17, 15) is 19.5 Å². The van der Waals surface area contributed by atoms with E-state index < -0.39 is 30.1 Å². The number of carboxylic acid groups (broad SMARTS) is 1. The van der Waals surface area contributed by atoms with Gasteiger partial charge in [0.05, 0.1) is 6.04 Å². The minimum Gasteiger partial charge on any atom is -0.465 e. The molecule has 1 heterocycles. The Morgan fingerprint density at radius 3 is 2.58 bits per heavy atom. The van der Waals surface area contributed by atoms with Crippen LogP contribution in [0, 0.1) is 5.92 Å². The highest BCUT2D eigenvalue weighted by Crippen LogP contribution is 2.18. The van der Waals surface area contributed by atoms with Gasteiger partial charge in [-0.05, 0) is 18.4 Å². The predicted octanol–water partition coefficient (Wildman–Crippen LogP) is -0.174. The summed E-state index contributed by atoms with van der Waals surface area (Å²) >= 11 is 0. The lowest BCUT2D eigenvalue weighted by Crippen LogP contribution is -2.51. The van der Waals surface area contributed by atoms with E-state index in [4.69, 9.17) is 5.11 Å². The first-order chi connectivity index (χ1) is 11.5. The molecule has 0 aliphatic carbocycles. The Morgan fingerprint density at radius 1 is 1.29 bits per heavy atom. The minimum absolute atomic E-state index is 0.0675. The van der Waals surface area contributed by atoms with E-state index in [2.05, 4.69) is 16.0 Å². The van der Waals surface area contributed by atoms with Gasteiger partial charge in [0.1, 0.15) is 0 Å². The lowest BCUT2D eigenvalue weighted by Gasteiger charge is -2.24. The number of hydrogen-bond donors (Lipinski definition) is 5. The van der Waals surface area contributed by atoms with Gasteiger partial charge in [0, 0.05) is 19.0 Å². The van der Waals surface area contributed by atoms with E-state index in [0.717, 1.165) is 5.56 Å². The minimum atomic E-state index is -1.57. The van der Waals surface area contributed by atoms with Crippen LogP contribution in [0.3, 0.4) is 0 Å². The molecule has 5 N–H and O–H groups in total. The molecule has 1 aliphatic heterocycles. The van der Waals surface area contributed by atoms with Gasteiger partial charge in [-0.15, -0.1) is 0 Å². The lowest BCUT2D eigenvalue weighted by molar-refractivity contribution is -0.132. The van der Waals surface area contributed by atoms with Crippen LogP contribution in [-0.2, 0) is 16.1 Å². The maximum atomic E-state index is 12.1. The number of carbonyl (C=O) groups excluding carboxylic acids is 2. The predicted molar refractivity (Wildman–Crippen MR) is 85.0 cm³/mol. The van der Waals surface area contributed by atoms with Crippen LogP contribution in [0.1, 0.15) is 18.4 Å². The van der Waals surface area contributed by atoms with Gasteiger partial charge in [-0.2, -0.15) is 0 Å². The molecule has 8 nitrogen and oxygen atoms in total. The fourth-order valence-corrected chi connectivity index (χ4v) is 2.67. The van der Waals surface area contributed by atoms with Crippen LogP contribution in [0.15, 0.2) is 30.3 Å². The fraction of sp³-hybridized carbons (Fsp3) is 0.438. The fourth-order valence-electron chi connectivity index (χ4n) is 2.67. The quantitative estimate of drug-likeness (QED) is 0.472. The van der Waals surface area contributed by atoms with Crippen LogP contribution >= 0.6 is 0 Å². The largest absolute Gasteiger partial charge is 0.465 e. The van der Waals surface area contributed by atoms with Crippen molar-refractivity contribution in [1.82, 2.24) is 16.0 Å². The van der Waals surface area contributed by atoms with E-state index in [1.165, 1.54) is 0 Å². The number of hydrogen-bond acceptors (Lipinski definition) is 4. The molecule has 24 heavy (non-hydrogen) atoms. The molecule has 3 atom stereocenters. The molecule has 0 aromatic heterocycles. The number of benzene rings is 1. The highest BCUT2D eigenvalue weighted by Gasteiger charge is 2.34. The summed E-state index contributed by atoms with van der Waals surface area (Å²) in [6.45, 7) is 0.736. The van der Waals surface area contributed by atoms with Crippen molar-refractivity contribution in [3.63, 3.8) is 0 Å². The van der Waals surface area contributed by atoms with E-state index in [-0.39, 0.29) is 18.9 Å². The van der Waals surface area contributed by atoms with Crippen molar-refractivity contribution >= 4 is 17.9 Å². The zero-order chi connectivity index (χ0) is 17.5. The molecule has 2 unspecified atom stereocenters. The smallest absolute Gasteiger partial charge is 0.404 e. The van der Waals surface area contributed by atoms with Crippen molar-refractivity contribution in [2.75, 3.05) is 6.54 Å². The number of aliphatic hydroxyl groups excluding tert-OH is 1. The van der Waals surface area contributed by atoms with Gasteiger partial charge in [-0.1, -0.05) is 30.3 Å². The molecule has 0 bridgehead atoms. The number of amides is 3. The van der Waals surface area contributed by atoms with Crippen LogP contribution in [-0.4, -0.2) is 46.8 Å². The van der Waals surface area contributed by atoms with E-state index in [0.29, 0.717) is 13.0 Å². The standard InChI is InChI=1S/C16H21N3O5/c20-13(15(22)18-9-10-4-2-1-3-5-10)12(19-16(23)24)8-11-6-7-17-14(11)21/h1-5,11-13,19-20H,6-9H2,(H,17,21)(H,18,22)(H,23,24)/t11-,12?,13?/m0/s1. The van der Waals surface area contributed by atoms with Crippen molar-refractivity contribution in [2.24, 2.45) is 5.92 Å². The van der Waals surface area contributed by atoms with Crippen LogP contribution in [0.25, 0.3) is 0 Å². The molecular formula is C16H21N3O5. The SMILES string of the molecule is O=C(O)NC(C[C@@H]1CCNC1=O)C(O)C(=O)NCc1ccccc1. The summed E-state index contributed by atoms with van der Waals surface area (Å²) in [5, 5.41) is 26.4. The van der Waals surface area contributed by atoms with Gasteiger partial charge >= 0.3 is 6.09 Å². The van der Waals surface area contributed by atoms with Crippen molar-refractivity contribution in [3.05, 3.63) is 35.9 Å². The third-order valence-electron chi connectivity index (χ3n) is 3.97. The van der Waals surface area contributed by atoms with E-state index >= 15 is 0 Å². The Balaban J connectivity index is 1.94. The Kier molecular flexibility index (Phi) is 6.14. The summed E-state index contributed by atoms with van der Waals surface area (Å²) in [4.78, 5) is 34.6. The highest BCUT2D eigenvalue weighted by molar-refractivity contribution is 5.83. The first-order valence-electron chi connectivity index (χ1n) is 7.74. The molecule has 1 fully saturated rings. The van der Waals surface area contributed by atoms with Crippen molar-refractivity contribution in [2.45, 2.75) is 31.5 Å². The number of aliphatic hydroxyl groups is 1. The Bertz CT molecular complexity index is 593. The molecular weight excluding hydrogens is 314 g/mol. The number of nitrogens with one attached hydrogen (secondary N) is 3. The molecule has 0 radical (unpaired) electrons.